The number of halogens is 1. The van der Waals surface area contributed by atoms with E-state index in [1.807, 2.05) is 6.92 Å². The Morgan fingerprint density at radius 3 is 2.56 bits per heavy atom. The number of nitrogens with one attached hydrogen (secondary N) is 1. The molecule has 10 heteroatoms. The van der Waals surface area contributed by atoms with Crippen LogP contribution in [-0.2, 0) is 28.6 Å². The van der Waals surface area contributed by atoms with Gasteiger partial charge in [0.25, 0.3) is 5.91 Å². The summed E-state index contributed by atoms with van der Waals surface area (Å²) >= 11 is 0. The Morgan fingerprint density at radius 1 is 1.13 bits per heavy atom. The monoisotopic (exact) mass is 623 g/mol. The van der Waals surface area contributed by atoms with Crippen LogP contribution in [-0.4, -0.2) is 71.0 Å². The Hall–Kier alpha value is -3.21. The number of fused-ring (bicyclic) bond motifs is 7. The molecule has 9 atom stereocenters. The van der Waals surface area contributed by atoms with Gasteiger partial charge < -0.3 is 24.6 Å². The van der Waals surface area contributed by atoms with Crippen molar-refractivity contribution in [2.45, 2.75) is 89.6 Å². The van der Waals surface area contributed by atoms with Crippen molar-refractivity contribution >= 4 is 23.4 Å². The molecule has 45 heavy (non-hydrogen) atoms. The maximum atomic E-state index is 17.6. The number of carbonyl (C=O) groups excluding carboxylic acids is 4. The van der Waals surface area contributed by atoms with Gasteiger partial charge in [-0.2, -0.15) is 0 Å². The van der Waals surface area contributed by atoms with Gasteiger partial charge in [-0.05, 0) is 76.7 Å². The number of ether oxygens (including phenoxy) is 3. The molecular formula is C35H42FNO8. The molecule has 3 saturated carbocycles. The highest BCUT2D eigenvalue weighted by atomic mass is 19.1. The number of Topliss-reactive ketones (excluding diaryl/α,β-unsaturated/α-hetero) is 1. The van der Waals surface area contributed by atoms with E-state index in [2.05, 4.69) is 5.32 Å². The third kappa shape index (κ3) is 4.58. The van der Waals surface area contributed by atoms with E-state index in [-0.39, 0.29) is 30.6 Å². The van der Waals surface area contributed by atoms with Gasteiger partial charge >= 0.3 is 5.97 Å². The number of aliphatic hydroxyl groups is 1. The first kappa shape index (κ1) is 31.8. The van der Waals surface area contributed by atoms with E-state index in [1.54, 1.807) is 64.1 Å². The van der Waals surface area contributed by atoms with E-state index in [0.29, 0.717) is 30.4 Å². The molecule has 4 fully saturated rings. The quantitative estimate of drug-likeness (QED) is 0.436. The molecule has 4 aliphatic carbocycles. The molecule has 1 saturated heterocycles. The Morgan fingerprint density at radius 2 is 1.84 bits per heavy atom. The fraction of sp³-hybridized carbons (Fsp3) is 0.600. The van der Waals surface area contributed by atoms with E-state index >= 15 is 4.39 Å². The van der Waals surface area contributed by atoms with E-state index in [0.717, 1.165) is 0 Å². The second kappa shape index (κ2) is 10.7. The molecule has 242 valence electrons. The topological polar surface area (TPSA) is 128 Å². The molecule has 0 spiro atoms. The number of ketones is 2. The highest BCUT2D eigenvalue weighted by molar-refractivity contribution is 6.01. The van der Waals surface area contributed by atoms with Gasteiger partial charge in [-0.3, -0.25) is 19.2 Å². The smallest absolute Gasteiger partial charge is 0.310 e. The lowest BCUT2D eigenvalue weighted by Gasteiger charge is -2.62. The standard InChI is InChI=1S/C35H42FNO8/c1-20(18-37-29(41)21-9-7-6-8-10-21)30(42)43-19-27(40)35-28(44-31(2,3)45-35)16-25-24-12-11-22-15-23(38)13-14-32(22,4)34(24,36)26(39)17-33(25,35)5/h6-10,13-15,20,24-26,28,39H,11-12,16-19H2,1-5H3,(H,37,41)/t20?,24-,25-,26-,28+,32-,33-,34-,35+/m0/s1. The summed E-state index contributed by atoms with van der Waals surface area (Å²) in [4.78, 5) is 51.8. The minimum atomic E-state index is -2.07. The fourth-order valence-electron chi connectivity index (χ4n) is 9.22. The van der Waals surface area contributed by atoms with Gasteiger partial charge in [0.1, 0.15) is 0 Å². The molecule has 6 rings (SSSR count). The average Bonchev–Trinajstić information content (AvgIpc) is 3.41. The van der Waals surface area contributed by atoms with Gasteiger partial charge in [0.2, 0.25) is 5.78 Å². The van der Waals surface area contributed by atoms with Crippen LogP contribution in [0.25, 0.3) is 0 Å². The Bertz CT molecular complexity index is 1490. The Balaban J connectivity index is 1.22. The summed E-state index contributed by atoms with van der Waals surface area (Å²) in [6.45, 7) is 8.05. The summed E-state index contributed by atoms with van der Waals surface area (Å²) in [6, 6.07) is 8.61. The Labute approximate surface area is 262 Å². The molecule has 5 aliphatic rings. The van der Waals surface area contributed by atoms with Crippen LogP contribution in [0.2, 0.25) is 0 Å². The van der Waals surface area contributed by atoms with Gasteiger partial charge in [0.05, 0.1) is 18.1 Å². The first-order valence-electron chi connectivity index (χ1n) is 15.8. The molecule has 1 aromatic carbocycles. The highest BCUT2D eigenvalue weighted by Gasteiger charge is 2.80. The summed E-state index contributed by atoms with van der Waals surface area (Å²) in [7, 11) is 0. The molecule has 1 amide bonds. The maximum absolute atomic E-state index is 17.6. The minimum absolute atomic E-state index is 0.0165. The van der Waals surface area contributed by atoms with Crippen molar-refractivity contribution in [3.05, 3.63) is 59.7 Å². The van der Waals surface area contributed by atoms with Gasteiger partial charge in [0.15, 0.2) is 29.4 Å². The first-order valence-corrected chi connectivity index (χ1v) is 15.8. The van der Waals surface area contributed by atoms with Crippen molar-refractivity contribution in [3.63, 3.8) is 0 Å². The van der Waals surface area contributed by atoms with Crippen LogP contribution in [0.4, 0.5) is 4.39 Å². The first-order chi connectivity index (χ1) is 21.1. The summed E-state index contributed by atoms with van der Waals surface area (Å²) in [5.74, 6) is -4.56. The largest absolute Gasteiger partial charge is 0.457 e. The molecule has 9 nitrogen and oxygen atoms in total. The van der Waals surface area contributed by atoms with Crippen molar-refractivity contribution in [1.29, 1.82) is 0 Å². The predicted molar refractivity (Wildman–Crippen MR) is 160 cm³/mol. The number of rotatable bonds is 7. The number of hydrogen-bond acceptors (Lipinski definition) is 8. The molecule has 1 unspecified atom stereocenters. The van der Waals surface area contributed by atoms with E-state index in [1.165, 1.54) is 12.2 Å². The van der Waals surface area contributed by atoms with Crippen molar-refractivity contribution < 1.29 is 42.9 Å². The second-order valence-electron chi connectivity index (χ2n) is 14.4. The normalized spacial score (nSPS) is 39.9. The van der Waals surface area contributed by atoms with Crippen molar-refractivity contribution in [2.24, 2.45) is 28.6 Å². The van der Waals surface area contributed by atoms with Crippen LogP contribution >= 0.6 is 0 Å². The van der Waals surface area contributed by atoms with Crippen LogP contribution in [0, 0.1) is 28.6 Å². The van der Waals surface area contributed by atoms with Crippen LogP contribution in [0.3, 0.4) is 0 Å². The molecule has 1 heterocycles. The Kier molecular flexibility index (Phi) is 7.53. The lowest BCUT2D eigenvalue weighted by Crippen LogP contribution is -2.70. The second-order valence-corrected chi connectivity index (χ2v) is 14.4. The van der Waals surface area contributed by atoms with Gasteiger partial charge in [0, 0.05) is 28.9 Å². The lowest BCUT2D eigenvalue weighted by atomic mass is 9.44. The van der Waals surface area contributed by atoms with Crippen LogP contribution in [0.1, 0.15) is 70.7 Å². The van der Waals surface area contributed by atoms with Gasteiger partial charge in [-0.15, -0.1) is 0 Å². The van der Waals surface area contributed by atoms with Crippen molar-refractivity contribution in [2.75, 3.05) is 13.2 Å². The predicted octanol–water partition coefficient (Wildman–Crippen LogP) is 4.04. The van der Waals surface area contributed by atoms with Crippen molar-refractivity contribution in [3.8, 4) is 0 Å². The number of amides is 1. The van der Waals surface area contributed by atoms with Gasteiger partial charge in [-0.1, -0.05) is 43.7 Å². The zero-order chi connectivity index (χ0) is 32.6. The SMILES string of the molecule is CC(CNC(=O)c1ccccc1)C(=O)OCC(=O)[C@@]12OC(C)(C)O[C@@H]1C[C@H]1[C@@H]3CCC4=CC(=O)C=C[C@]4(C)[C@@]3(F)[C@@H](O)C[C@@]12C. The van der Waals surface area contributed by atoms with Crippen LogP contribution < -0.4 is 5.32 Å². The number of carbonyl (C=O) groups is 4. The van der Waals surface area contributed by atoms with Crippen LogP contribution in [0.5, 0.6) is 0 Å². The van der Waals surface area contributed by atoms with Crippen molar-refractivity contribution in [1.82, 2.24) is 5.32 Å². The third-order valence-electron chi connectivity index (χ3n) is 11.4. The fourth-order valence-corrected chi connectivity index (χ4v) is 9.22. The zero-order valence-corrected chi connectivity index (χ0v) is 26.4. The number of esters is 1. The van der Waals surface area contributed by atoms with E-state index in [4.69, 9.17) is 14.2 Å². The summed E-state index contributed by atoms with van der Waals surface area (Å²) < 4.78 is 35.9. The van der Waals surface area contributed by atoms with Gasteiger partial charge in [-0.25, -0.2) is 4.39 Å². The summed E-state index contributed by atoms with van der Waals surface area (Å²) in [5.41, 5.74) is -4.71. The minimum Gasteiger partial charge on any atom is -0.457 e. The average molecular weight is 624 g/mol. The number of alkyl halides is 1. The number of hydrogen-bond donors (Lipinski definition) is 2. The van der Waals surface area contributed by atoms with E-state index < -0.39 is 70.3 Å². The molecule has 0 radical (unpaired) electrons. The molecule has 1 aliphatic heterocycles. The number of benzene rings is 1. The molecular weight excluding hydrogens is 581 g/mol. The molecule has 1 aromatic rings. The molecule has 0 bridgehead atoms. The highest BCUT2D eigenvalue weighted by Crippen LogP contribution is 2.72. The molecule has 2 N–H and O–H groups in total. The van der Waals surface area contributed by atoms with Crippen LogP contribution in [0.15, 0.2) is 54.1 Å². The molecule has 0 aromatic heterocycles. The number of aliphatic hydroxyl groups excluding tert-OH is 1. The summed E-state index contributed by atoms with van der Waals surface area (Å²) in [5, 5.41) is 14.4. The number of allylic oxidation sites excluding steroid dienone is 4. The lowest BCUT2D eigenvalue weighted by molar-refractivity contribution is -0.246. The third-order valence-corrected chi connectivity index (χ3v) is 11.4. The maximum Gasteiger partial charge on any atom is 0.310 e. The van der Waals surface area contributed by atoms with E-state index in [9.17, 15) is 24.3 Å². The zero-order valence-electron chi connectivity index (χ0n) is 26.4. The summed E-state index contributed by atoms with van der Waals surface area (Å²) in [6.07, 6.45) is 3.42.